The predicted molar refractivity (Wildman–Crippen MR) is 71.4 cm³/mol. The van der Waals surface area contributed by atoms with Crippen LogP contribution in [0.3, 0.4) is 0 Å². The summed E-state index contributed by atoms with van der Waals surface area (Å²) >= 11 is 0. The molecule has 1 aliphatic carbocycles. The minimum Gasteiger partial charge on any atom is -0.469 e. The number of fused-ring (bicyclic) bond motifs is 1. The molecule has 0 fully saturated rings. The number of aryl methyl sites for hydroxylation is 2. The molecule has 3 heteroatoms. The Morgan fingerprint density at radius 3 is 3.17 bits per heavy atom. The van der Waals surface area contributed by atoms with Crippen LogP contribution in [0.15, 0.2) is 28.9 Å². The van der Waals surface area contributed by atoms with Crippen molar-refractivity contribution in [3.05, 3.63) is 47.2 Å². The zero-order chi connectivity index (χ0) is 12.5. The van der Waals surface area contributed by atoms with Gasteiger partial charge in [-0.05, 0) is 49.9 Å². The van der Waals surface area contributed by atoms with Gasteiger partial charge >= 0.3 is 0 Å². The molecule has 1 aliphatic rings. The minimum absolute atomic E-state index is 0.234. The van der Waals surface area contributed by atoms with Crippen LogP contribution < -0.4 is 5.73 Å². The van der Waals surface area contributed by atoms with Gasteiger partial charge in [0.15, 0.2) is 0 Å². The summed E-state index contributed by atoms with van der Waals surface area (Å²) in [6, 6.07) is 6.49. The summed E-state index contributed by atoms with van der Waals surface area (Å²) in [4.78, 5) is 0. The van der Waals surface area contributed by atoms with Crippen LogP contribution in [0.1, 0.15) is 41.6 Å². The summed E-state index contributed by atoms with van der Waals surface area (Å²) in [6.07, 6.45) is 6.18. The molecule has 0 saturated heterocycles. The van der Waals surface area contributed by atoms with E-state index in [0.29, 0.717) is 0 Å². The molecule has 0 bridgehead atoms. The molecule has 0 radical (unpaired) electrons. The Kier molecular flexibility index (Phi) is 3.00. The minimum atomic E-state index is 0.234. The van der Waals surface area contributed by atoms with E-state index in [9.17, 15) is 0 Å². The number of hydrogen-bond acceptors (Lipinski definition) is 2. The summed E-state index contributed by atoms with van der Waals surface area (Å²) in [5, 5.41) is 0. The van der Waals surface area contributed by atoms with Crippen LogP contribution in [0, 0.1) is 6.92 Å². The Morgan fingerprint density at radius 1 is 1.50 bits per heavy atom. The second-order valence-corrected chi connectivity index (χ2v) is 5.17. The van der Waals surface area contributed by atoms with Gasteiger partial charge in [0.2, 0.25) is 0 Å². The van der Waals surface area contributed by atoms with Crippen molar-refractivity contribution in [1.29, 1.82) is 0 Å². The number of aromatic nitrogens is 1. The molecule has 2 heterocycles. The Balaban J connectivity index is 1.83. The van der Waals surface area contributed by atoms with E-state index in [4.69, 9.17) is 10.2 Å². The number of furan rings is 1. The number of rotatable bonds is 3. The molecule has 1 unspecified atom stereocenters. The topological polar surface area (TPSA) is 44.1 Å². The number of hydrogen-bond donors (Lipinski definition) is 1. The van der Waals surface area contributed by atoms with Gasteiger partial charge in [-0.3, -0.25) is 0 Å². The largest absolute Gasteiger partial charge is 0.469 e. The Hall–Kier alpha value is -1.48. The average molecular weight is 244 g/mol. The third-order valence-electron chi connectivity index (χ3n) is 3.94. The molecule has 0 aliphatic heterocycles. The molecule has 0 amide bonds. The molecule has 2 aromatic rings. The van der Waals surface area contributed by atoms with Gasteiger partial charge in [0.25, 0.3) is 0 Å². The molecule has 3 rings (SSSR count). The highest BCUT2D eigenvalue weighted by Gasteiger charge is 2.21. The maximum atomic E-state index is 6.19. The van der Waals surface area contributed by atoms with Gasteiger partial charge in [-0.25, -0.2) is 0 Å². The monoisotopic (exact) mass is 244 g/mol. The van der Waals surface area contributed by atoms with Crippen molar-refractivity contribution < 1.29 is 4.42 Å². The highest BCUT2D eigenvalue weighted by molar-refractivity contribution is 5.32. The fourth-order valence-corrected chi connectivity index (χ4v) is 2.99. The molecule has 0 aromatic carbocycles. The van der Waals surface area contributed by atoms with Gasteiger partial charge in [0, 0.05) is 30.4 Å². The third kappa shape index (κ3) is 1.99. The molecule has 96 valence electrons. The van der Waals surface area contributed by atoms with E-state index in [-0.39, 0.29) is 6.04 Å². The summed E-state index contributed by atoms with van der Waals surface area (Å²) < 4.78 is 7.81. The lowest BCUT2D eigenvalue weighted by atomic mass is 9.93. The van der Waals surface area contributed by atoms with E-state index >= 15 is 0 Å². The molecule has 2 N–H and O–H groups in total. The van der Waals surface area contributed by atoms with Crippen molar-refractivity contribution in [2.24, 2.45) is 5.73 Å². The van der Waals surface area contributed by atoms with Crippen molar-refractivity contribution in [2.75, 3.05) is 0 Å². The van der Waals surface area contributed by atoms with E-state index in [2.05, 4.69) is 17.6 Å². The van der Waals surface area contributed by atoms with Crippen molar-refractivity contribution in [1.82, 2.24) is 4.57 Å². The fourth-order valence-electron chi connectivity index (χ4n) is 2.99. The van der Waals surface area contributed by atoms with Crippen LogP contribution in [0.25, 0.3) is 0 Å². The standard InChI is InChI=1S/C15H20N2O/c1-11-10-13-14(16)5-2-6-15(13)17(11)8-7-12-4-3-9-18-12/h3-4,9-10,14H,2,5-8,16H2,1H3. The zero-order valence-electron chi connectivity index (χ0n) is 10.9. The van der Waals surface area contributed by atoms with Gasteiger partial charge in [0.05, 0.1) is 6.26 Å². The summed E-state index contributed by atoms with van der Waals surface area (Å²) in [5.74, 6) is 1.05. The summed E-state index contributed by atoms with van der Waals surface area (Å²) in [5.41, 5.74) is 10.3. The number of nitrogens with two attached hydrogens (primary N) is 1. The second-order valence-electron chi connectivity index (χ2n) is 5.17. The van der Waals surface area contributed by atoms with Crippen molar-refractivity contribution in [3.8, 4) is 0 Å². The first-order valence-corrected chi connectivity index (χ1v) is 6.72. The zero-order valence-corrected chi connectivity index (χ0v) is 10.9. The van der Waals surface area contributed by atoms with Gasteiger partial charge in [0.1, 0.15) is 5.76 Å². The SMILES string of the molecule is Cc1cc2c(n1CCc1ccco1)CCCC2N. The fraction of sp³-hybridized carbons (Fsp3) is 0.467. The maximum Gasteiger partial charge on any atom is 0.105 e. The van der Waals surface area contributed by atoms with Gasteiger partial charge in [-0.15, -0.1) is 0 Å². The molecule has 2 aromatic heterocycles. The predicted octanol–water partition coefficient (Wildman–Crippen LogP) is 2.97. The Labute approximate surface area is 108 Å². The van der Waals surface area contributed by atoms with Crippen LogP contribution in [0.2, 0.25) is 0 Å². The lowest BCUT2D eigenvalue weighted by Gasteiger charge is -2.21. The number of nitrogens with zero attached hydrogens (tertiary/aromatic N) is 1. The molecule has 3 nitrogen and oxygen atoms in total. The molecular weight excluding hydrogens is 224 g/mol. The van der Waals surface area contributed by atoms with Gasteiger partial charge < -0.3 is 14.7 Å². The van der Waals surface area contributed by atoms with E-state index < -0.39 is 0 Å². The smallest absolute Gasteiger partial charge is 0.105 e. The lowest BCUT2D eigenvalue weighted by Crippen LogP contribution is -2.18. The quantitative estimate of drug-likeness (QED) is 0.902. The summed E-state index contributed by atoms with van der Waals surface area (Å²) in [7, 11) is 0. The average Bonchev–Trinajstić information content (AvgIpc) is 2.95. The van der Waals surface area contributed by atoms with Crippen LogP contribution >= 0.6 is 0 Å². The second kappa shape index (κ2) is 4.65. The molecular formula is C15H20N2O. The van der Waals surface area contributed by atoms with Crippen LogP contribution in [0.4, 0.5) is 0 Å². The first-order valence-electron chi connectivity index (χ1n) is 6.72. The first-order chi connectivity index (χ1) is 8.75. The van der Waals surface area contributed by atoms with E-state index in [1.807, 2.05) is 12.1 Å². The normalized spacial score (nSPS) is 18.9. The van der Waals surface area contributed by atoms with E-state index in [1.54, 1.807) is 6.26 Å². The molecule has 18 heavy (non-hydrogen) atoms. The summed E-state index contributed by atoms with van der Waals surface area (Å²) in [6.45, 7) is 3.16. The highest BCUT2D eigenvalue weighted by Crippen LogP contribution is 2.30. The van der Waals surface area contributed by atoms with E-state index in [0.717, 1.165) is 31.6 Å². The first kappa shape index (κ1) is 11.6. The highest BCUT2D eigenvalue weighted by atomic mass is 16.3. The third-order valence-corrected chi connectivity index (χ3v) is 3.94. The van der Waals surface area contributed by atoms with Crippen molar-refractivity contribution in [2.45, 2.75) is 45.2 Å². The van der Waals surface area contributed by atoms with Crippen molar-refractivity contribution >= 4 is 0 Å². The van der Waals surface area contributed by atoms with Crippen LogP contribution in [-0.2, 0) is 19.4 Å². The molecule has 0 saturated carbocycles. The van der Waals surface area contributed by atoms with Crippen molar-refractivity contribution in [3.63, 3.8) is 0 Å². The maximum absolute atomic E-state index is 6.19. The lowest BCUT2D eigenvalue weighted by molar-refractivity contribution is 0.479. The molecule has 1 atom stereocenters. The van der Waals surface area contributed by atoms with Crippen LogP contribution in [-0.4, -0.2) is 4.57 Å². The van der Waals surface area contributed by atoms with Gasteiger partial charge in [-0.2, -0.15) is 0 Å². The van der Waals surface area contributed by atoms with Crippen LogP contribution in [0.5, 0.6) is 0 Å². The Morgan fingerprint density at radius 2 is 2.39 bits per heavy atom. The molecule has 0 spiro atoms. The Bertz CT molecular complexity index is 525. The van der Waals surface area contributed by atoms with Gasteiger partial charge in [-0.1, -0.05) is 0 Å². The van der Waals surface area contributed by atoms with E-state index in [1.165, 1.54) is 23.4 Å².